The van der Waals surface area contributed by atoms with E-state index in [4.69, 9.17) is 5.11 Å². The lowest BCUT2D eigenvalue weighted by Crippen LogP contribution is -2.43. The van der Waals surface area contributed by atoms with Crippen molar-refractivity contribution in [3.63, 3.8) is 0 Å². The maximum absolute atomic E-state index is 12.3. The maximum atomic E-state index is 12.3. The van der Waals surface area contributed by atoms with E-state index >= 15 is 0 Å². The number of carbonyl (C=O) groups is 2. The van der Waals surface area contributed by atoms with Crippen LogP contribution in [0.3, 0.4) is 0 Å². The zero-order valence-corrected chi connectivity index (χ0v) is 15.3. The van der Waals surface area contributed by atoms with E-state index in [9.17, 15) is 14.7 Å². The number of urea groups is 1. The maximum Gasteiger partial charge on any atom is 0.326 e. The fourth-order valence-corrected chi connectivity index (χ4v) is 4.57. The molecule has 1 aliphatic rings. The first kappa shape index (κ1) is 16.7. The van der Waals surface area contributed by atoms with Crippen LogP contribution in [-0.2, 0) is 4.79 Å². The van der Waals surface area contributed by atoms with Gasteiger partial charge in [0.05, 0.1) is 11.8 Å². The summed E-state index contributed by atoms with van der Waals surface area (Å²) >= 11 is 9.99. The first-order valence-electron chi connectivity index (χ1n) is 5.92. The number of β-amino-alcohol motifs (C(OH)–C–C–N with tert-alkyl or cyclic N) is 1. The van der Waals surface area contributed by atoms with Crippen molar-refractivity contribution in [2.24, 2.45) is 0 Å². The van der Waals surface area contributed by atoms with Gasteiger partial charge in [0.2, 0.25) is 0 Å². The molecule has 1 aliphatic heterocycles. The molecule has 0 aliphatic carbocycles. The predicted octanol–water partition coefficient (Wildman–Crippen LogP) is 3.03. The number of carboxylic acids is 1. The quantitative estimate of drug-likeness (QED) is 0.599. The Morgan fingerprint density at radius 3 is 2.33 bits per heavy atom. The normalized spacial score (nSPS) is 21.4. The van der Waals surface area contributed by atoms with Gasteiger partial charge in [-0.2, -0.15) is 0 Å². The fourth-order valence-electron chi connectivity index (χ4n) is 2.11. The number of hydrogen-bond donors (Lipinski definition) is 3. The zero-order valence-electron chi connectivity index (χ0n) is 10.5. The molecule has 2 unspecified atom stereocenters. The summed E-state index contributed by atoms with van der Waals surface area (Å²) in [7, 11) is 0. The number of benzene rings is 1. The number of carbonyl (C=O) groups excluding carboxylic acids is 1. The van der Waals surface area contributed by atoms with Gasteiger partial charge in [-0.15, -0.1) is 0 Å². The summed E-state index contributed by atoms with van der Waals surface area (Å²) in [5.74, 6) is -1.13. The Morgan fingerprint density at radius 1 is 1.24 bits per heavy atom. The molecule has 0 spiro atoms. The van der Waals surface area contributed by atoms with Crippen molar-refractivity contribution in [1.82, 2.24) is 4.90 Å². The molecule has 2 atom stereocenters. The number of amides is 2. The molecule has 21 heavy (non-hydrogen) atoms. The third-order valence-electron chi connectivity index (χ3n) is 3.06. The highest BCUT2D eigenvalue weighted by Crippen LogP contribution is 2.35. The molecule has 1 fully saturated rings. The first-order valence-corrected chi connectivity index (χ1v) is 8.30. The van der Waals surface area contributed by atoms with E-state index < -0.39 is 24.1 Å². The van der Waals surface area contributed by atoms with Gasteiger partial charge in [-0.3, -0.25) is 0 Å². The van der Waals surface area contributed by atoms with Gasteiger partial charge in [-0.25, -0.2) is 9.59 Å². The van der Waals surface area contributed by atoms with Crippen molar-refractivity contribution < 1.29 is 19.8 Å². The molecule has 2 rings (SSSR count). The molecule has 0 aromatic heterocycles. The van der Waals surface area contributed by atoms with Gasteiger partial charge in [0.25, 0.3) is 0 Å². The summed E-state index contributed by atoms with van der Waals surface area (Å²) in [6, 6.07) is 1.93. The number of rotatable bonds is 2. The topological polar surface area (TPSA) is 89.9 Å². The molecule has 9 heteroatoms. The van der Waals surface area contributed by atoms with E-state index in [-0.39, 0.29) is 13.0 Å². The van der Waals surface area contributed by atoms with E-state index in [2.05, 4.69) is 53.1 Å². The Bertz CT molecular complexity index is 573. The van der Waals surface area contributed by atoms with E-state index in [1.54, 1.807) is 12.1 Å². The SMILES string of the molecule is O=C(O)C1CC(O)CN1C(=O)Nc1c(Br)cc(Br)cc1Br. The van der Waals surface area contributed by atoms with Crippen molar-refractivity contribution >= 4 is 65.5 Å². The molecular weight excluding hydrogens is 476 g/mol. The Kier molecular flexibility index (Phi) is 5.29. The predicted molar refractivity (Wildman–Crippen MR) is 87.3 cm³/mol. The van der Waals surface area contributed by atoms with Crippen molar-refractivity contribution in [2.45, 2.75) is 18.6 Å². The van der Waals surface area contributed by atoms with E-state index in [1.807, 2.05) is 0 Å². The Balaban J connectivity index is 2.20. The lowest BCUT2D eigenvalue weighted by Gasteiger charge is -2.22. The number of likely N-dealkylation sites (tertiary alicyclic amines) is 1. The summed E-state index contributed by atoms with van der Waals surface area (Å²) in [5, 5.41) is 21.3. The summed E-state index contributed by atoms with van der Waals surface area (Å²) in [5.41, 5.74) is 0.494. The molecule has 0 radical (unpaired) electrons. The van der Waals surface area contributed by atoms with Crippen molar-refractivity contribution in [3.8, 4) is 0 Å². The van der Waals surface area contributed by atoms with E-state index in [0.717, 1.165) is 9.37 Å². The largest absolute Gasteiger partial charge is 0.480 e. The van der Waals surface area contributed by atoms with Crippen LogP contribution in [0.2, 0.25) is 0 Å². The van der Waals surface area contributed by atoms with Gasteiger partial charge in [0.15, 0.2) is 0 Å². The number of aliphatic hydroxyl groups excluding tert-OH is 1. The molecular formula is C12H11Br3N2O4. The van der Waals surface area contributed by atoms with Gasteiger partial charge in [0.1, 0.15) is 6.04 Å². The van der Waals surface area contributed by atoms with Gasteiger partial charge >= 0.3 is 12.0 Å². The first-order chi connectivity index (χ1) is 9.79. The second-order valence-electron chi connectivity index (χ2n) is 4.57. The number of nitrogens with zero attached hydrogens (tertiary/aromatic N) is 1. The molecule has 3 N–H and O–H groups in total. The van der Waals surface area contributed by atoms with Crippen LogP contribution in [0.5, 0.6) is 0 Å². The Labute approximate surface area is 145 Å². The van der Waals surface area contributed by atoms with Gasteiger partial charge in [-0.1, -0.05) is 15.9 Å². The molecule has 0 bridgehead atoms. The van der Waals surface area contributed by atoms with Crippen LogP contribution in [-0.4, -0.2) is 45.8 Å². The summed E-state index contributed by atoms with van der Waals surface area (Å²) in [6.07, 6.45) is -0.792. The van der Waals surface area contributed by atoms with Gasteiger partial charge in [-0.05, 0) is 44.0 Å². The molecule has 1 saturated heterocycles. The molecule has 1 heterocycles. The number of aliphatic hydroxyl groups is 1. The minimum absolute atomic E-state index is 0.00539. The zero-order chi connectivity index (χ0) is 15.7. The van der Waals surface area contributed by atoms with Crippen LogP contribution in [0.4, 0.5) is 10.5 Å². The summed E-state index contributed by atoms with van der Waals surface area (Å²) in [6.45, 7) is -0.00539. The highest BCUT2D eigenvalue weighted by molar-refractivity contribution is 9.11. The second kappa shape index (κ2) is 6.64. The monoisotopic (exact) mass is 484 g/mol. The number of carboxylic acid groups (broad SMARTS) is 1. The number of nitrogens with one attached hydrogen (secondary N) is 1. The molecule has 1 aromatic carbocycles. The van der Waals surface area contributed by atoms with Crippen molar-refractivity contribution in [1.29, 1.82) is 0 Å². The van der Waals surface area contributed by atoms with Crippen LogP contribution < -0.4 is 5.32 Å². The number of aliphatic carboxylic acids is 1. The average Bonchev–Trinajstić information content (AvgIpc) is 2.76. The minimum Gasteiger partial charge on any atom is -0.480 e. The minimum atomic E-state index is -1.13. The van der Waals surface area contributed by atoms with Crippen molar-refractivity contribution in [3.05, 3.63) is 25.6 Å². The average molecular weight is 487 g/mol. The molecule has 1 aromatic rings. The van der Waals surface area contributed by atoms with Crippen LogP contribution in [0.25, 0.3) is 0 Å². The van der Waals surface area contributed by atoms with Crippen LogP contribution in [0, 0.1) is 0 Å². The van der Waals surface area contributed by atoms with Crippen LogP contribution >= 0.6 is 47.8 Å². The third kappa shape index (κ3) is 3.77. The fraction of sp³-hybridized carbons (Fsp3) is 0.333. The molecule has 0 saturated carbocycles. The van der Waals surface area contributed by atoms with E-state index in [1.165, 1.54) is 0 Å². The molecule has 2 amide bonds. The van der Waals surface area contributed by atoms with Crippen LogP contribution in [0.1, 0.15) is 6.42 Å². The molecule has 114 valence electrons. The highest BCUT2D eigenvalue weighted by Gasteiger charge is 2.39. The standard InChI is InChI=1S/C12H11Br3N2O4/c13-5-1-7(14)10(8(15)2-5)16-12(21)17-4-6(18)3-9(17)11(19)20/h1-2,6,9,18H,3-4H2,(H,16,21)(H,19,20). The Morgan fingerprint density at radius 2 is 1.81 bits per heavy atom. The second-order valence-corrected chi connectivity index (χ2v) is 7.19. The smallest absolute Gasteiger partial charge is 0.326 e. The number of anilines is 1. The van der Waals surface area contributed by atoms with E-state index in [0.29, 0.717) is 14.6 Å². The highest BCUT2D eigenvalue weighted by atomic mass is 79.9. The van der Waals surface area contributed by atoms with Gasteiger partial charge in [0, 0.05) is 26.4 Å². The lowest BCUT2D eigenvalue weighted by molar-refractivity contribution is -0.141. The molecule has 6 nitrogen and oxygen atoms in total. The van der Waals surface area contributed by atoms with Gasteiger partial charge < -0.3 is 20.4 Å². The Hall–Kier alpha value is -0.640. The van der Waals surface area contributed by atoms with Crippen LogP contribution in [0.15, 0.2) is 25.6 Å². The lowest BCUT2D eigenvalue weighted by atomic mass is 10.2. The number of halogens is 3. The third-order valence-corrected chi connectivity index (χ3v) is 4.77. The number of hydrogen-bond acceptors (Lipinski definition) is 3. The summed E-state index contributed by atoms with van der Waals surface area (Å²) < 4.78 is 2.10. The summed E-state index contributed by atoms with van der Waals surface area (Å²) in [4.78, 5) is 24.5. The van der Waals surface area contributed by atoms with Crippen molar-refractivity contribution in [2.75, 3.05) is 11.9 Å².